The molecule has 1 aromatic rings. The fourth-order valence-corrected chi connectivity index (χ4v) is 4.48. The highest BCUT2D eigenvalue weighted by molar-refractivity contribution is 5.84. The van der Waals surface area contributed by atoms with Gasteiger partial charge >= 0.3 is 17.8 Å². The molecule has 0 aromatic heterocycles. The number of carboxylic acid groups (broad SMARTS) is 2. The Hall–Kier alpha value is -2.29. The lowest BCUT2D eigenvalue weighted by Crippen LogP contribution is -2.69. The van der Waals surface area contributed by atoms with Gasteiger partial charge in [0.25, 0.3) is 0 Å². The summed E-state index contributed by atoms with van der Waals surface area (Å²) in [5.74, 6) is -2.78. The molecule has 0 bridgehead atoms. The zero-order chi connectivity index (χ0) is 21.4. The van der Waals surface area contributed by atoms with Crippen LogP contribution in [-0.2, 0) is 20.8 Å². The fourth-order valence-electron chi connectivity index (χ4n) is 4.48. The van der Waals surface area contributed by atoms with Crippen LogP contribution in [-0.4, -0.2) is 63.8 Å². The molecule has 0 spiro atoms. The zero-order valence-electron chi connectivity index (χ0n) is 16.7. The Kier molecular flexibility index (Phi) is 8.31. The molecule has 8 heteroatoms. The van der Waals surface area contributed by atoms with Gasteiger partial charge in [0, 0.05) is 19.3 Å². The van der Waals surface area contributed by atoms with E-state index in [2.05, 4.69) is 0 Å². The standard InChI is InChI=1S/C21H31N3O5/c22-13-5-4-9-16(23)19(25)24(14-6-10-17(24)20(26)27)18(21(28)29)12-11-15-7-2-1-3-8-15/h1-3,7-8,16-18H,4-6,9-14,22-23H2,(H-,26,27,28,29)/p+1/t16-,17-,18?,24?/m0/s1. The summed E-state index contributed by atoms with van der Waals surface area (Å²) in [6.45, 7) is 0.666. The van der Waals surface area contributed by atoms with E-state index in [1.165, 1.54) is 0 Å². The number of carbonyl (C=O) groups is 3. The van der Waals surface area contributed by atoms with Crippen molar-refractivity contribution < 1.29 is 29.1 Å². The van der Waals surface area contributed by atoms with E-state index < -0.39 is 40.5 Å². The van der Waals surface area contributed by atoms with E-state index in [0.29, 0.717) is 38.6 Å². The molecule has 1 saturated heterocycles. The van der Waals surface area contributed by atoms with E-state index in [4.69, 9.17) is 11.5 Å². The molecule has 1 aliphatic rings. The van der Waals surface area contributed by atoms with Crippen molar-refractivity contribution in [1.82, 2.24) is 0 Å². The Morgan fingerprint density at radius 1 is 1.10 bits per heavy atom. The number of nitrogens with two attached hydrogens (primary N) is 2. The molecule has 2 unspecified atom stereocenters. The highest BCUT2D eigenvalue weighted by atomic mass is 16.4. The van der Waals surface area contributed by atoms with Gasteiger partial charge in [-0.2, -0.15) is 0 Å². The maximum absolute atomic E-state index is 13.4. The number of nitrogens with zero attached hydrogens (tertiary/aromatic N) is 1. The number of rotatable bonds is 11. The van der Waals surface area contributed by atoms with Gasteiger partial charge in [-0.1, -0.05) is 30.3 Å². The number of carbonyl (C=O) groups excluding carboxylic acids is 1. The van der Waals surface area contributed by atoms with E-state index in [-0.39, 0.29) is 19.4 Å². The molecular weight excluding hydrogens is 374 g/mol. The van der Waals surface area contributed by atoms with Gasteiger partial charge < -0.3 is 21.7 Å². The summed E-state index contributed by atoms with van der Waals surface area (Å²) >= 11 is 0. The normalized spacial score (nSPS) is 23.4. The molecule has 160 valence electrons. The Balaban J connectivity index is 2.34. The van der Waals surface area contributed by atoms with Crippen LogP contribution in [0, 0.1) is 0 Å². The fraction of sp³-hybridized carbons (Fsp3) is 0.571. The maximum Gasteiger partial charge on any atom is 0.363 e. The van der Waals surface area contributed by atoms with Gasteiger partial charge in [0.2, 0.25) is 0 Å². The van der Waals surface area contributed by atoms with Crippen molar-refractivity contribution in [3.05, 3.63) is 35.9 Å². The smallest absolute Gasteiger partial charge is 0.363 e. The second kappa shape index (κ2) is 10.5. The maximum atomic E-state index is 13.4. The third-order valence-electron chi connectivity index (χ3n) is 5.93. The van der Waals surface area contributed by atoms with Crippen molar-refractivity contribution in [3.63, 3.8) is 0 Å². The molecule has 1 aromatic carbocycles. The van der Waals surface area contributed by atoms with Gasteiger partial charge in [0.15, 0.2) is 12.1 Å². The number of unbranched alkanes of at least 4 members (excludes halogenated alkanes) is 1. The number of hydrogen-bond donors (Lipinski definition) is 4. The molecule has 1 amide bonds. The Labute approximate surface area is 171 Å². The van der Waals surface area contributed by atoms with Crippen LogP contribution < -0.4 is 11.5 Å². The molecule has 0 radical (unpaired) electrons. The summed E-state index contributed by atoms with van der Waals surface area (Å²) in [7, 11) is 0. The van der Waals surface area contributed by atoms with Crippen molar-refractivity contribution in [3.8, 4) is 0 Å². The first-order valence-electron chi connectivity index (χ1n) is 10.2. The summed E-state index contributed by atoms with van der Waals surface area (Å²) in [5.41, 5.74) is 12.6. The van der Waals surface area contributed by atoms with Crippen molar-refractivity contribution in [2.75, 3.05) is 13.1 Å². The van der Waals surface area contributed by atoms with Gasteiger partial charge in [-0.25, -0.2) is 18.9 Å². The first-order valence-corrected chi connectivity index (χ1v) is 10.2. The summed E-state index contributed by atoms with van der Waals surface area (Å²) in [6, 6.07) is 6.25. The van der Waals surface area contributed by atoms with Gasteiger partial charge in [0.1, 0.15) is 6.04 Å². The summed E-state index contributed by atoms with van der Waals surface area (Å²) in [6.07, 6.45) is 3.08. The molecule has 6 N–H and O–H groups in total. The first kappa shape index (κ1) is 23.0. The number of carboxylic acids is 2. The third-order valence-corrected chi connectivity index (χ3v) is 5.93. The van der Waals surface area contributed by atoms with Crippen LogP contribution in [0.25, 0.3) is 0 Å². The summed E-state index contributed by atoms with van der Waals surface area (Å²) in [4.78, 5) is 37.7. The second-order valence-electron chi connectivity index (χ2n) is 7.76. The second-order valence-corrected chi connectivity index (χ2v) is 7.76. The van der Waals surface area contributed by atoms with E-state index in [9.17, 15) is 24.6 Å². The minimum atomic E-state index is -1.16. The van der Waals surface area contributed by atoms with Crippen LogP contribution in [0.15, 0.2) is 30.3 Å². The Morgan fingerprint density at radius 2 is 1.79 bits per heavy atom. The molecule has 1 fully saturated rings. The van der Waals surface area contributed by atoms with Crippen LogP contribution in [0.2, 0.25) is 0 Å². The molecule has 0 aliphatic carbocycles. The van der Waals surface area contributed by atoms with Crippen LogP contribution in [0.5, 0.6) is 0 Å². The SMILES string of the molecule is NCCCC[C@H](N)C(=O)[N+]1(C(CCc2ccccc2)C(=O)O)CCC[C@H]1C(=O)O. The number of quaternary nitrogens is 1. The van der Waals surface area contributed by atoms with Crippen molar-refractivity contribution in [2.45, 2.75) is 63.1 Å². The monoisotopic (exact) mass is 406 g/mol. The van der Waals surface area contributed by atoms with Crippen LogP contribution in [0.1, 0.15) is 44.1 Å². The molecule has 4 atom stereocenters. The van der Waals surface area contributed by atoms with Gasteiger partial charge in [-0.3, -0.25) is 0 Å². The molecule has 0 saturated carbocycles. The lowest BCUT2D eigenvalue weighted by Gasteiger charge is -2.41. The van der Waals surface area contributed by atoms with E-state index in [1.807, 2.05) is 30.3 Å². The number of aliphatic carboxylic acids is 2. The molecule has 1 heterocycles. The van der Waals surface area contributed by atoms with Crippen molar-refractivity contribution in [1.29, 1.82) is 0 Å². The number of benzene rings is 1. The summed E-state index contributed by atoms with van der Waals surface area (Å²) in [5, 5.41) is 19.8. The largest absolute Gasteiger partial charge is 0.477 e. The quantitative estimate of drug-likeness (QED) is 0.318. The number of aryl methyl sites for hydroxylation is 1. The predicted octanol–water partition coefficient (Wildman–Crippen LogP) is 1.12. The number of amides is 1. The first-order chi connectivity index (χ1) is 13.8. The molecule has 8 nitrogen and oxygen atoms in total. The lowest BCUT2D eigenvalue weighted by molar-refractivity contribution is -0.875. The minimum Gasteiger partial charge on any atom is -0.477 e. The zero-order valence-corrected chi connectivity index (χ0v) is 16.7. The molecule has 2 rings (SSSR count). The van der Waals surface area contributed by atoms with Crippen molar-refractivity contribution >= 4 is 17.8 Å². The van der Waals surface area contributed by atoms with Gasteiger partial charge in [-0.15, -0.1) is 0 Å². The lowest BCUT2D eigenvalue weighted by atomic mass is 9.97. The summed E-state index contributed by atoms with van der Waals surface area (Å²) < 4.78 is -0.596. The highest BCUT2D eigenvalue weighted by Crippen LogP contribution is 2.35. The van der Waals surface area contributed by atoms with Crippen LogP contribution >= 0.6 is 0 Å². The van der Waals surface area contributed by atoms with Crippen LogP contribution in [0.4, 0.5) is 0 Å². The Bertz CT molecular complexity index is 712. The van der Waals surface area contributed by atoms with Gasteiger partial charge in [-0.05, 0) is 37.8 Å². The van der Waals surface area contributed by atoms with E-state index >= 15 is 0 Å². The average Bonchev–Trinajstić information content (AvgIpc) is 3.14. The predicted molar refractivity (Wildman–Crippen MR) is 108 cm³/mol. The molecule has 1 aliphatic heterocycles. The third kappa shape index (κ3) is 5.20. The van der Waals surface area contributed by atoms with Crippen LogP contribution in [0.3, 0.4) is 0 Å². The molecule has 29 heavy (non-hydrogen) atoms. The van der Waals surface area contributed by atoms with Crippen molar-refractivity contribution in [2.24, 2.45) is 11.5 Å². The highest BCUT2D eigenvalue weighted by Gasteiger charge is 2.59. The van der Waals surface area contributed by atoms with E-state index in [1.54, 1.807) is 0 Å². The van der Waals surface area contributed by atoms with E-state index in [0.717, 1.165) is 5.56 Å². The average molecular weight is 407 g/mol. The Morgan fingerprint density at radius 3 is 2.38 bits per heavy atom. The molecular formula is C21H32N3O5+. The minimum absolute atomic E-state index is 0.171. The number of hydrogen-bond acceptors (Lipinski definition) is 5. The number of likely N-dealkylation sites (tertiary alicyclic amines) is 1. The topological polar surface area (TPSA) is 144 Å². The van der Waals surface area contributed by atoms with Gasteiger partial charge in [0.05, 0.1) is 6.54 Å².